The Morgan fingerprint density at radius 1 is 0.952 bits per heavy atom. The summed E-state index contributed by atoms with van der Waals surface area (Å²) in [5, 5.41) is 4.85. The van der Waals surface area contributed by atoms with Crippen molar-refractivity contribution in [2.45, 2.75) is 25.3 Å². The van der Waals surface area contributed by atoms with E-state index in [9.17, 15) is 0 Å². The highest BCUT2D eigenvalue weighted by molar-refractivity contribution is 5.91. The summed E-state index contributed by atoms with van der Waals surface area (Å²) in [6, 6.07) is 14.9. The van der Waals surface area contributed by atoms with Crippen LogP contribution in [-0.4, -0.2) is 9.97 Å². The maximum absolute atomic E-state index is 4.60. The summed E-state index contributed by atoms with van der Waals surface area (Å²) in [6.45, 7) is 0. The Kier molecular flexibility index (Phi) is 3.03. The van der Waals surface area contributed by atoms with Crippen molar-refractivity contribution >= 4 is 16.6 Å². The molecule has 1 atom stereocenters. The van der Waals surface area contributed by atoms with Crippen molar-refractivity contribution in [2.24, 2.45) is 0 Å². The lowest BCUT2D eigenvalue weighted by molar-refractivity contribution is 0.584. The molecule has 0 saturated heterocycles. The molecule has 21 heavy (non-hydrogen) atoms. The monoisotopic (exact) mass is 275 g/mol. The van der Waals surface area contributed by atoms with Crippen LogP contribution in [0.1, 0.15) is 30.1 Å². The van der Waals surface area contributed by atoms with E-state index in [2.05, 4.69) is 39.6 Å². The van der Waals surface area contributed by atoms with E-state index in [1.165, 1.54) is 23.1 Å². The SMILES string of the molecule is c1cnc2c(c1)CCCC2Nc1cccc2ncccc12. The highest BCUT2D eigenvalue weighted by Gasteiger charge is 2.21. The molecule has 0 bridgehead atoms. The van der Waals surface area contributed by atoms with Crippen molar-refractivity contribution in [3.63, 3.8) is 0 Å². The van der Waals surface area contributed by atoms with E-state index in [0.717, 1.165) is 24.0 Å². The van der Waals surface area contributed by atoms with Gasteiger partial charge in [-0.2, -0.15) is 0 Å². The quantitative estimate of drug-likeness (QED) is 0.764. The predicted molar refractivity (Wildman–Crippen MR) is 85.3 cm³/mol. The van der Waals surface area contributed by atoms with Crippen molar-refractivity contribution in [1.29, 1.82) is 0 Å². The highest BCUT2D eigenvalue weighted by Crippen LogP contribution is 2.32. The highest BCUT2D eigenvalue weighted by atomic mass is 15.0. The van der Waals surface area contributed by atoms with E-state index >= 15 is 0 Å². The van der Waals surface area contributed by atoms with Crippen LogP contribution in [0.5, 0.6) is 0 Å². The number of nitrogens with one attached hydrogen (secondary N) is 1. The lowest BCUT2D eigenvalue weighted by atomic mass is 9.91. The zero-order chi connectivity index (χ0) is 14.1. The van der Waals surface area contributed by atoms with Gasteiger partial charge in [0, 0.05) is 23.5 Å². The molecule has 1 N–H and O–H groups in total. The van der Waals surface area contributed by atoms with Crippen LogP contribution in [0.3, 0.4) is 0 Å². The van der Waals surface area contributed by atoms with E-state index < -0.39 is 0 Å². The van der Waals surface area contributed by atoms with Crippen LogP contribution in [0.15, 0.2) is 54.9 Å². The first kappa shape index (κ1) is 12.3. The van der Waals surface area contributed by atoms with Crippen LogP contribution in [0.25, 0.3) is 10.9 Å². The minimum absolute atomic E-state index is 0.292. The number of rotatable bonds is 2. The number of nitrogens with zero attached hydrogens (tertiary/aromatic N) is 2. The van der Waals surface area contributed by atoms with Gasteiger partial charge in [-0.15, -0.1) is 0 Å². The molecule has 3 nitrogen and oxygen atoms in total. The Labute approximate surface area is 124 Å². The summed E-state index contributed by atoms with van der Waals surface area (Å²) in [5.41, 5.74) is 4.74. The standard InChI is InChI=1S/C18H17N3/c1-5-13-6-3-12-20-18(13)17(10-1)21-16-9-2-8-15-14(16)7-4-11-19-15/h2-4,6-9,11-12,17,21H,1,5,10H2. The molecule has 1 aliphatic carbocycles. The summed E-state index contributed by atoms with van der Waals surface area (Å²) in [4.78, 5) is 9.02. The number of aryl methyl sites for hydroxylation is 1. The summed E-state index contributed by atoms with van der Waals surface area (Å²) >= 11 is 0. The lowest BCUT2D eigenvalue weighted by Gasteiger charge is -2.26. The van der Waals surface area contributed by atoms with Gasteiger partial charge in [-0.25, -0.2) is 0 Å². The van der Waals surface area contributed by atoms with Crippen LogP contribution < -0.4 is 5.32 Å². The van der Waals surface area contributed by atoms with Gasteiger partial charge in [-0.05, 0) is 55.2 Å². The van der Waals surface area contributed by atoms with Gasteiger partial charge in [0.1, 0.15) is 0 Å². The number of benzene rings is 1. The number of aromatic nitrogens is 2. The predicted octanol–water partition coefficient (Wildman–Crippen LogP) is 4.12. The third-order valence-electron chi connectivity index (χ3n) is 4.17. The zero-order valence-corrected chi connectivity index (χ0v) is 11.8. The minimum Gasteiger partial charge on any atom is -0.376 e. The average molecular weight is 275 g/mol. The Bertz CT molecular complexity index is 777. The van der Waals surface area contributed by atoms with E-state index in [1.807, 2.05) is 30.6 Å². The number of pyridine rings is 2. The second-order valence-electron chi connectivity index (χ2n) is 5.51. The van der Waals surface area contributed by atoms with E-state index in [-0.39, 0.29) is 0 Å². The van der Waals surface area contributed by atoms with Gasteiger partial charge in [-0.3, -0.25) is 9.97 Å². The van der Waals surface area contributed by atoms with E-state index in [0.29, 0.717) is 6.04 Å². The van der Waals surface area contributed by atoms with Crippen molar-refractivity contribution < 1.29 is 0 Å². The largest absolute Gasteiger partial charge is 0.376 e. The van der Waals surface area contributed by atoms with Gasteiger partial charge in [0.2, 0.25) is 0 Å². The molecule has 104 valence electrons. The molecule has 0 radical (unpaired) electrons. The van der Waals surface area contributed by atoms with Crippen molar-refractivity contribution in [3.8, 4) is 0 Å². The van der Waals surface area contributed by atoms with Crippen LogP contribution in [0.4, 0.5) is 5.69 Å². The van der Waals surface area contributed by atoms with Crippen molar-refractivity contribution in [3.05, 3.63) is 66.1 Å². The lowest BCUT2D eigenvalue weighted by Crippen LogP contribution is -2.19. The van der Waals surface area contributed by atoms with Crippen LogP contribution in [0, 0.1) is 0 Å². The molecule has 2 heterocycles. The summed E-state index contributed by atoms with van der Waals surface area (Å²) in [6.07, 6.45) is 7.20. The molecule has 3 heteroatoms. The minimum atomic E-state index is 0.292. The molecule has 0 aliphatic heterocycles. The van der Waals surface area contributed by atoms with Gasteiger partial charge in [0.05, 0.1) is 17.3 Å². The number of anilines is 1. The normalized spacial score (nSPS) is 17.4. The molecule has 0 spiro atoms. The van der Waals surface area contributed by atoms with E-state index in [1.54, 1.807) is 0 Å². The Morgan fingerprint density at radius 3 is 2.86 bits per heavy atom. The van der Waals surface area contributed by atoms with Gasteiger partial charge in [0.25, 0.3) is 0 Å². The van der Waals surface area contributed by atoms with Crippen molar-refractivity contribution in [1.82, 2.24) is 9.97 Å². The molecule has 1 unspecified atom stereocenters. The van der Waals surface area contributed by atoms with E-state index in [4.69, 9.17) is 0 Å². The molecule has 0 fully saturated rings. The third kappa shape index (κ3) is 2.25. The Morgan fingerprint density at radius 2 is 1.86 bits per heavy atom. The fourth-order valence-corrected chi connectivity index (χ4v) is 3.17. The fraction of sp³-hybridized carbons (Fsp3) is 0.222. The van der Waals surface area contributed by atoms with Crippen LogP contribution >= 0.6 is 0 Å². The first-order chi connectivity index (χ1) is 10.4. The first-order valence-corrected chi connectivity index (χ1v) is 7.46. The first-order valence-electron chi connectivity index (χ1n) is 7.46. The Balaban J connectivity index is 1.73. The molecule has 0 saturated carbocycles. The maximum Gasteiger partial charge on any atom is 0.0722 e. The smallest absolute Gasteiger partial charge is 0.0722 e. The van der Waals surface area contributed by atoms with Gasteiger partial charge in [-0.1, -0.05) is 12.1 Å². The van der Waals surface area contributed by atoms with Gasteiger partial charge >= 0.3 is 0 Å². The molecular weight excluding hydrogens is 258 g/mol. The molecule has 1 aromatic carbocycles. The Hall–Kier alpha value is -2.42. The summed E-state index contributed by atoms with van der Waals surface area (Å²) in [5.74, 6) is 0. The zero-order valence-electron chi connectivity index (χ0n) is 11.8. The molecule has 4 rings (SSSR count). The maximum atomic E-state index is 4.60. The fourth-order valence-electron chi connectivity index (χ4n) is 3.17. The molecule has 0 amide bonds. The summed E-state index contributed by atoms with van der Waals surface area (Å²) < 4.78 is 0. The third-order valence-corrected chi connectivity index (χ3v) is 4.17. The van der Waals surface area contributed by atoms with Crippen molar-refractivity contribution in [2.75, 3.05) is 5.32 Å². The molecule has 1 aliphatic rings. The number of fused-ring (bicyclic) bond motifs is 2. The topological polar surface area (TPSA) is 37.8 Å². The second kappa shape index (κ2) is 5.17. The van der Waals surface area contributed by atoms with Crippen LogP contribution in [-0.2, 0) is 6.42 Å². The van der Waals surface area contributed by atoms with Gasteiger partial charge < -0.3 is 5.32 Å². The second-order valence-corrected chi connectivity index (χ2v) is 5.51. The molecule has 2 aromatic heterocycles. The molecule has 3 aromatic rings. The molecular formula is C18H17N3. The van der Waals surface area contributed by atoms with Crippen LogP contribution in [0.2, 0.25) is 0 Å². The average Bonchev–Trinajstić information content (AvgIpc) is 2.56. The summed E-state index contributed by atoms with van der Waals surface area (Å²) in [7, 11) is 0. The number of hydrogen-bond acceptors (Lipinski definition) is 3. The van der Waals surface area contributed by atoms with Gasteiger partial charge in [0.15, 0.2) is 0 Å². The number of hydrogen-bond donors (Lipinski definition) is 1.